The molecule has 1 N–H and O–H groups in total. The van der Waals surface area contributed by atoms with Crippen LogP contribution in [0.5, 0.6) is 0 Å². The number of nitrogens with zero attached hydrogens (tertiary/aromatic N) is 2. The Morgan fingerprint density at radius 1 is 1.55 bits per heavy atom. The Bertz CT molecular complexity index is 480. The molecule has 2 rings (SSSR count). The van der Waals surface area contributed by atoms with Crippen molar-refractivity contribution in [2.24, 2.45) is 5.92 Å². The molecule has 1 saturated heterocycles. The molecule has 0 aromatic carbocycles. The lowest BCUT2D eigenvalue weighted by Gasteiger charge is -2.33. The molecule has 0 unspecified atom stereocenters. The summed E-state index contributed by atoms with van der Waals surface area (Å²) in [4.78, 5) is 17.3. The van der Waals surface area contributed by atoms with E-state index in [1.807, 2.05) is 12.1 Å². The Balaban J connectivity index is 2.08. The summed E-state index contributed by atoms with van der Waals surface area (Å²) in [6.07, 6.45) is 6.65. The van der Waals surface area contributed by atoms with Crippen LogP contribution in [0.4, 0.5) is 5.82 Å². The summed E-state index contributed by atoms with van der Waals surface area (Å²) < 4.78 is 5.20. The summed E-state index contributed by atoms with van der Waals surface area (Å²) in [5, 5.41) is 8.74. The van der Waals surface area contributed by atoms with E-state index in [0.29, 0.717) is 5.92 Å². The van der Waals surface area contributed by atoms with Gasteiger partial charge in [0.1, 0.15) is 5.82 Å². The van der Waals surface area contributed by atoms with E-state index in [4.69, 9.17) is 9.84 Å². The van der Waals surface area contributed by atoms with Gasteiger partial charge in [-0.25, -0.2) is 9.78 Å². The zero-order valence-corrected chi connectivity index (χ0v) is 11.7. The molecule has 0 amide bonds. The van der Waals surface area contributed by atoms with E-state index in [2.05, 4.69) is 9.88 Å². The average molecular weight is 276 g/mol. The quantitative estimate of drug-likeness (QED) is 0.834. The van der Waals surface area contributed by atoms with Crippen molar-refractivity contribution in [1.82, 2.24) is 4.98 Å². The number of carbonyl (C=O) groups is 1. The molecule has 2 heterocycles. The standard InChI is InChI=1S/C15H20N2O3/c1-20-11-12-6-9-17(10-7-12)15-13(3-2-8-16-15)4-5-14(18)19/h2-5,8,12H,6-7,9-11H2,1H3,(H,18,19)/b5-4+. The van der Waals surface area contributed by atoms with E-state index in [1.54, 1.807) is 19.4 Å². The van der Waals surface area contributed by atoms with Gasteiger partial charge in [-0.15, -0.1) is 0 Å². The lowest BCUT2D eigenvalue weighted by molar-refractivity contribution is -0.131. The molecule has 1 aromatic heterocycles. The van der Waals surface area contributed by atoms with Gasteiger partial charge in [0, 0.05) is 44.6 Å². The molecule has 5 heteroatoms. The highest BCUT2D eigenvalue weighted by atomic mass is 16.5. The van der Waals surface area contributed by atoms with Crippen LogP contribution in [-0.4, -0.2) is 42.9 Å². The van der Waals surface area contributed by atoms with E-state index in [0.717, 1.165) is 50.0 Å². The lowest BCUT2D eigenvalue weighted by Crippen LogP contribution is -2.35. The Morgan fingerprint density at radius 3 is 2.95 bits per heavy atom. The molecule has 1 aliphatic rings. The molecule has 0 saturated carbocycles. The van der Waals surface area contributed by atoms with E-state index < -0.39 is 5.97 Å². The number of ether oxygens (including phenoxy) is 1. The third-order valence-electron chi connectivity index (χ3n) is 3.54. The minimum absolute atomic E-state index is 0.609. The second-order valence-electron chi connectivity index (χ2n) is 4.97. The van der Waals surface area contributed by atoms with Crippen molar-refractivity contribution in [3.8, 4) is 0 Å². The van der Waals surface area contributed by atoms with Crippen molar-refractivity contribution in [1.29, 1.82) is 0 Å². The fourth-order valence-electron chi connectivity index (χ4n) is 2.51. The molecule has 5 nitrogen and oxygen atoms in total. The van der Waals surface area contributed by atoms with Crippen LogP contribution >= 0.6 is 0 Å². The molecule has 1 aliphatic heterocycles. The Labute approximate surface area is 118 Å². The number of carboxylic acid groups (broad SMARTS) is 1. The third-order valence-corrected chi connectivity index (χ3v) is 3.54. The van der Waals surface area contributed by atoms with Gasteiger partial charge in [0.25, 0.3) is 0 Å². The molecular weight excluding hydrogens is 256 g/mol. The van der Waals surface area contributed by atoms with E-state index >= 15 is 0 Å². The predicted molar refractivity (Wildman–Crippen MR) is 77.7 cm³/mol. The summed E-state index contributed by atoms with van der Waals surface area (Å²) >= 11 is 0. The van der Waals surface area contributed by atoms with Gasteiger partial charge < -0.3 is 14.7 Å². The first kappa shape index (κ1) is 14.5. The second-order valence-corrected chi connectivity index (χ2v) is 4.97. The number of anilines is 1. The van der Waals surface area contributed by atoms with Crippen LogP contribution in [0.25, 0.3) is 6.08 Å². The number of hydrogen-bond acceptors (Lipinski definition) is 4. The van der Waals surface area contributed by atoms with Gasteiger partial charge in [-0.2, -0.15) is 0 Å². The fourth-order valence-corrected chi connectivity index (χ4v) is 2.51. The van der Waals surface area contributed by atoms with Crippen LogP contribution in [0.2, 0.25) is 0 Å². The van der Waals surface area contributed by atoms with Crippen molar-refractivity contribution in [2.75, 3.05) is 31.7 Å². The molecule has 0 aliphatic carbocycles. The zero-order chi connectivity index (χ0) is 14.4. The predicted octanol–water partition coefficient (Wildman–Crippen LogP) is 2.04. The Hall–Kier alpha value is -1.88. The number of piperidine rings is 1. The van der Waals surface area contributed by atoms with Crippen molar-refractivity contribution in [3.05, 3.63) is 30.0 Å². The number of carboxylic acids is 1. The van der Waals surface area contributed by atoms with Crippen LogP contribution in [0.1, 0.15) is 18.4 Å². The van der Waals surface area contributed by atoms with Gasteiger partial charge in [0.2, 0.25) is 0 Å². The molecule has 1 fully saturated rings. The van der Waals surface area contributed by atoms with E-state index in [9.17, 15) is 4.79 Å². The maximum absolute atomic E-state index is 10.6. The first-order chi connectivity index (χ1) is 9.70. The molecule has 20 heavy (non-hydrogen) atoms. The minimum atomic E-state index is -0.946. The SMILES string of the molecule is COCC1CCN(c2ncccc2/C=C/C(=O)O)CC1. The number of aromatic nitrogens is 1. The highest BCUT2D eigenvalue weighted by Crippen LogP contribution is 2.25. The van der Waals surface area contributed by atoms with Gasteiger partial charge in [-0.05, 0) is 37.0 Å². The maximum atomic E-state index is 10.6. The topological polar surface area (TPSA) is 62.7 Å². The number of rotatable bonds is 5. The Kier molecular flexibility index (Phi) is 5.12. The molecule has 0 radical (unpaired) electrons. The highest BCUT2D eigenvalue weighted by Gasteiger charge is 2.21. The van der Waals surface area contributed by atoms with E-state index in [-0.39, 0.29) is 0 Å². The summed E-state index contributed by atoms with van der Waals surface area (Å²) in [7, 11) is 1.74. The summed E-state index contributed by atoms with van der Waals surface area (Å²) in [5.41, 5.74) is 0.847. The van der Waals surface area contributed by atoms with Crippen molar-refractivity contribution >= 4 is 17.9 Å². The maximum Gasteiger partial charge on any atom is 0.328 e. The summed E-state index contributed by atoms with van der Waals surface area (Å²) in [6.45, 7) is 2.67. The smallest absolute Gasteiger partial charge is 0.328 e. The summed E-state index contributed by atoms with van der Waals surface area (Å²) in [6, 6.07) is 3.71. The van der Waals surface area contributed by atoms with Gasteiger partial charge in [0.05, 0.1) is 0 Å². The largest absolute Gasteiger partial charge is 0.478 e. The lowest BCUT2D eigenvalue weighted by atomic mass is 9.97. The number of hydrogen-bond donors (Lipinski definition) is 1. The van der Waals surface area contributed by atoms with Gasteiger partial charge in [0.15, 0.2) is 0 Å². The number of pyridine rings is 1. The molecular formula is C15H20N2O3. The number of aliphatic carboxylic acids is 1. The summed E-state index contributed by atoms with van der Waals surface area (Å²) in [5.74, 6) is 0.525. The average Bonchev–Trinajstić information content (AvgIpc) is 2.47. The third kappa shape index (κ3) is 3.81. The first-order valence-electron chi connectivity index (χ1n) is 6.80. The molecule has 1 aromatic rings. The minimum Gasteiger partial charge on any atom is -0.478 e. The van der Waals surface area contributed by atoms with Crippen molar-refractivity contribution in [3.63, 3.8) is 0 Å². The fraction of sp³-hybridized carbons (Fsp3) is 0.467. The van der Waals surface area contributed by atoms with Crippen LogP contribution in [-0.2, 0) is 9.53 Å². The molecule has 0 bridgehead atoms. The molecule has 0 spiro atoms. The van der Waals surface area contributed by atoms with Crippen molar-refractivity contribution in [2.45, 2.75) is 12.8 Å². The molecule has 0 atom stereocenters. The monoisotopic (exact) mass is 276 g/mol. The zero-order valence-electron chi connectivity index (χ0n) is 11.7. The number of methoxy groups -OCH3 is 1. The normalized spacial score (nSPS) is 16.8. The molecule has 108 valence electrons. The Morgan fingerprint density at radius 2 is 2.30 bits per heavy atom. The van der Waals surface area contributed by atoms with Crippen molar-refractivity contribution < 1.29 is 14.6 Å². The van der Waals surface area contributed by atoms with Gasteiger partial charge >= 0.3 is 5.97 Å². The van der Waals surface area contributed by atoms with Crippen LogP contribution in [0.15, 0.2) is 24.4 Å². The van der Waals surface area contributed by atoms with Gasteiger partial charge in [-0.3, -0.25) is 0 Å². The second kappa shape index (κ2) is 7.05. The van der Waals surface area contributed by atoms with E-state index in [1.165, 1.54) is 0 Å². The van der Waals surface area contributed by atoms with Crippen LogP contribution in [0, 0.1) is 5.92 Å². The van der Waals surface area contributed by atoms with Crippen LogP contribution in [0.3, 0.4) is 0 Å². The van der Waals surface area contributed by atoms with Gasteiger partial charge in [-0.1, -0.05) is 0 Å². The first-order valence-corrected chi connectivity index (χ1v) is 6.80. The highest BCUT2D eigenvalue weighted by molar-refractivity contribution is 5.86. The van der Waals surface area contributed by atoms with Crippen LogP contribution < -0.4 is 4.90 Å².